The van der Waals surface area contributed by atoms with Crippen LogP contribution in [-0.4, -0.2) is 59.1 Å². The van der Waals surface area contributed by atoms with Gasteiger partial charge in [-0.2, -0.15) is 0 Å². The van der Waals surface area contributed by atoms with Crippen molar-refractivity contribution in [1.29, 1.82) is 0 Å². The van der Waals surface area contributed by atoms with Gasteiger partial charge in [0, 0.05) is 6.42 Å². The molecule has 2 atom stereocenters. The van der Waals surface area contributed by atoms with Gasteiger partial charge in [-0.25, -0.2) is 19.4 Å². The zero-order valence-electron chi connectivity index (χ0n) is 18.7. The largest absolute Gasteiger partial charge is 0.447 e. The number of imide groups is 2. The van der Waals surface area contributed by atoms with E-state index in [-0.39, 0.29) is 44.0 Å². The molecule has 0 aliphatic carbocycles. The Hall–Kier alpha value is -3.94. The Kier molecular flexibility index (Phi) is 7.37. The smallest absolute Gasteiger partial charge is 0.417 e. The molecular formula is C26H26N2O6. The second-order valence-electron chi connectivity index (χ2n) is 8.25. The summed E-state index contributed by atoms with van der Waals surface area (Å²) in [6, 6.07) is 18.4. The fourth-order valence-electron chi connectivity index (χ4n) is 4.16. The predicted molar refractivity (Wildman–Crippen MR) is 123 cm³/mol. The lowest BCUT2D eigenvalue weighted by atomic mass is 10.1. The van der Waals surface area contributed by atoms with E-state index in [0.717, 1.165) is 20.9 Å². The summed E-state index contributed by atoms with van der Waals surface area (Å²) in [5.74, 6) is -0.846. The van der Waals surface area contributed by atoms with E-state index in [2.05, 4.69) is 0 Å². The van der Waals surface area contributed by atoms with Crippen LogP contribution in [0.1, 0.15) is 24.0 Å². The summed E-state index contributed by atoms with van der Waals surface area (Å²) >= 11 is 0. The molecule has 2 aliphatic rings. The lowest BCUT2D eigenvalue weighted by Gasteiger charge is -2.19. The van der Waals surface area contributed by atoms with Crippen LogP contribution in [0.3, 0.4) is 0 Å². The van der Waals surface area contributed by atoms with Gasteiger partial charge in [0.1, 0.15) is 13.2 Å². The third-order valence-corrected chi connectivity index (χ3v) is 5.84. The summed E-state index contributed by atoms with van der Waals surface area (Å²) in [4.78, 5) is 51.8. The molecule has 0 unspecified atom stereocenters. The zero-order chi connectivity index (χ0) is 23.9. The highest BCUT2D eigenvalue weighted by Gasteiger charge is 2.38. The molecule has 0 radical (unpaired) electrons. The molecule has 0 bridgehead atoms. The second-order valence-corrected chi connectivity index (χ2v) is 8.25. The molecule has 2 aromatic carbocycles. The van der Waals surface area contributed by atoms with E-state index in [1.54, 1.807) is 6.08 Å². The van der Waals surface area contributed by atoms with Crippen LogP contribution in [0.15, 0.2) is 72.8 Å². The van der Waals surface area contributed by atoms with Crippen LogP contribution < -0.4 is 0 Å². The van der Waals surface area contributed by atoms with Crippen molar-refractivity contribution in [2.75, 3.05) is 13.2 Å². The summed E-state index contributed by atoms with van der Waals surface area (Å²) in [6.07, 6.45) is 2.82. The molecule has 8 nitrogen and oxygen atoms in total. The first-order valence-electron chi connectivity index (χ1n) is 11.3. The van der Waals surface area contributed by atoms with E-state index in [4.69, 9.17) is 9.47 Å². The summed E-state index contributed by atoms with van der Waals surface area (Å²) < 4.78 is 10.2. The molecule has 0 spiro atoms. The van der Waals surface area contributed by atoms with Crippen molar-refractivity contribution in [2.24, 2.45) is 0 Å². The number of hydrogen-bond donors (Lipinski definition) is 0. The Morgan fingerprint density at radius 1 is 0.794 bits per heavy atom. The molecular weight excluding hydrogens is 436 g/mol. The molecule has 0 aromatic heterocycles. The molecule has 0 N–H and O–H groups in total. The number of allylic oxidation sites excluding steroid dienone is 1. The fraction of sp³-hybridized carbons (Fsp3) is 0.308. The highest BCUT2D eigenvalue weighted by atomic mass is 16.6. The van der Waals surface area contributed by atoms with Crippen LogP contribution in [-0.2, 0) is 31.9 Å². The third-order valence-electron chi connectivity index (χ3n) is 5.84. The van der Waals surface area contributed by atoms with Gasteiger partial charge in [-0.3, -0.25) is 9.59 Å². The lowest BCUT2D eigenvalue weighted by Crippen LogP contribution is -2.40. The molecule has 8 heteroatoms. The second kappa shape index (κ2) is 10.8. The maximum atomic E-state index is 12.7. The van der Waals surface area contributed by atoms with E-state index in [9.17, 15) is 19.2 Å². The average molecular weight is 463 g/mol. The maximum Gasteiger partial charge on any atom is 0.417 e. The van der Waals surface area contributed by atoms with Gasteiger partial charge in [-0.05, 0) is 36.5 Å². The summed E-state index contributed by atoms with van der Waals surface area (Å²) in [7, 11) is 0. The summed E-state index contributed by atoms with van der Waals surface area (Å²) in [5.41, 5.74) is 2.01. The van der Waals surface area contributed by atoms with Gasteiger partial charge < -0.3 is 9.47 Å². The molecule has 2 aliphatic heterocycles. The number of carbonyl (C=O) groups is 4. The Morgan fingerprint density at radius 3 is 1.85 bits per heavy atom. The van der Waals surface area contributed by atoms with Gasteiger partial charge in [-0.1, -0.05) is 66.7 Å². The molecule has 2 heterocycles. The maximum absolute atomic E-state index is 12.7. The van der Waals surface area contributed by atoms with Crippen molar-refractivity contribution >= 4 is 24.0 Å². The van der Waals surface area contributed by atoms with Crippen LogP contribution in [0.25, 0.3) is 0 Å². The first-order valence-corrected chi connectivity index (χ1v) is 11.3. The van der Waals surface area contributed by atoms with Crippen molar-refractivity contribution in [3.05, 3.63) is 83.9 Å². The van der Waals surface area contributed by atoms with Crippen LogP contribution in [0.2, 0.25) is 0 Å². The van der Waals surface area contributed by atoms with E-state index in [0.29, 0.717) is 12.8 Å². The van der Waals surface area contributed by atoms with E-state index < -0.39 is 18.1 Å². The molecule has 2 fully saturated rings. The van der Waals surface area contributed by atoms with Crippen LogP contribution in [0.5, 0.6) is 0 Å². The van der Waals surface area contributed by atoms with Crippen LogP contribution in [0, 0.1) is 0 Å². The molecule has 176 valence electrons. The lowest BCUT2D eigenvalue weighted by molar-refractivity contribution is -0.129. The first kappa shape index (κ1) is 23.2. The van der Waals surface area contributed by atoms with Crippen molar-refractivity contribution in [2.45, 2.75) is 37.8 Å². The van der Waals surface area contributed by atoms with Crippen molar-refractivity contribution in [3.8, 4) is 0 Å². The van der Waals surface area contributed by atoms with Crippen molar-refractivity contribution in [3.63, 3.8) is 0 Å². The van der Waals surface area contributed by atoms with E-state index in [1.807, 2.05) is 60.7 Å². The number of cyclic esters (lactones) is 2. The Labute approximate surface area is 197 Å². The van der Waals surface area contributed by atoms with Crippen molar-refractivity contribution < 1.29 is 28.7 Å². The minimum atomic E-state index is -0.671. The average Bonchev–Trinajstić information content (AvgIpc) is 3.39. The van der Waals surface area contributed by atoms with Gasteiger partial charge in [0.25, 0.3) is 5.91 Å². The summed E-state index contributed by atoms with van der Waals surface area (Å²) in [6.45, 7) is 0.305. The van der Waals surface area contributed by atoms with Gasteiger partial charge in [0.15, 0.2) is 0 Å². The first-order chi connectivity index (χ1) is 16.5. The fourth-order valence-corrected chi connectivity index (χ4v) is 4.16. The quantitative estimate of drug-likeness (QED) is 0.558. The highest BCUT2D eigenvalue weighted by molar-refractivity contribution is 6.00. The summed E-state index contributed by atoms with van der Waals surface area (Å²) in [5, 5.41) is 0. The van der Waals surface area contributed by atoms with Crippen LogP contribution >= 0.6 is 0 Å². The van der Waals surface area contributed by atoms with Gasteiger partial charge >= 0.3 is 12.2 Å². The van der Waals surface area contributed by atoms with E-state index >= 15 is 0 Å². The van der Waals surface area contributed by atoms with Gasteiger partial charge in [0.05, 0.1) is 12.1 Å². The molecule has 2 saturated heterocycles. The molecule has 0 saturated carbocycles. The molecule has 4 rings (SSSR count). The Morgan fingerprint density at radius 2 is 1.29 bits per heavy atom. The van der Waals surface area contributed by atoms with Crippen molar-refractivity contribution in [1.82, 2.24) is 9.80 Å². The highest BCUT2D eigenvalue weighted by Crippen LogP contribution is 2.20. The predicted octanol–water partition coefficient (Wildman–Crippen LogP) is 3.50. The Balaban J connectivity index is 1.30. The molecule has 4 amide bonds. The normalized spacial score (nSPS) is 20.0. The minimum Gasteiger partial charge on any atom is -0.447 e. The molecule has 34 heavy (non-hydrogen) atoms. The third kappa shape index (κ3) is 5.51. The topological polar surface area (TPSA) is 93.2 Å². The van der Waals surface area contributed by atoms with Crippen LogP contribution in [0.4, 0.5) is 9.59 Å². The van der Waals surface area contributed by atoms with E-state index in [1.165, 1.54) is 6.08 Å². The minimum absolute atomic E-state index is 0.0437. The number of nitrogens with zero attached hydrogens (tertiary/aromatic N) is 2. The SMILES string of the molecule is O=C(/C=C/CCC(=O)N1C(=O)OC[C@@H]1Cc1ccccc1)N1C(=O)OC[C@@H]1Cc1ccccc1. The number of amides is 4. The monoisotopic (exact) mass is 462 g/mol. The number of ether oxygens (including phenoxy) is 2. The zero-order valence-corrected chi connectivity index (χ0v) is 18.7. The number of rotatable bonds is 8. The number of benzene rings is 2. The van der Waals surface area contributed by atoms with Gasteiger partial charge in [0.2, 0.25) is 5.91 Å². The number of carbonyl (C=O) groups excluding carboxylic acids is 4. The molecule has 2 aromatic rings. The van der Waals surface area contributed by atoms with Gasteiger partial charge in [-0.15, -0.1) is 0 Å². The standard InChI is InChI=1S/C26H26N2O6/c29-23(27-21(17-33-25(27)31)15-19-9-3-1-4-10-19)13-7-8-14-24(30)28-22(18-34-26(28)32)16-20-11-5-2-6-12-20/h1-7,9-13,21-22H,8,14-18H2/b13-7+/t21-,22-/m0/s1. The number of hydrogen-bond acceptors (Lipinski definition) is 6. The Bertz CT molecular complexity index is 1070.